The van der Waals surface area contributed by atoms with Crippen molar-refractivity contribution in [3.05, 3.63) is 22.1 Å². The second kappa shape index (κ2) is 3.69. The molecule has 1 heterocycles. The molecule has 4 nitrogen and oxygen atoms in total. The first-order valence-corrected chi connectivity index (χ1v) is 3.75. The lowest BCUT2D eigenvalue weighted by molar-refractivity contribution is -0.141. The molecule has 0 aromatic carbocycles. The molecule has 0 bridgehead atoms. The fourth-order valence-corrected chi connectivity index (χ4v) is 0.786. The number of ether oxygens (including phenoxy) is 1. The second-order valence-corrected chi connectivity index (χ2v) is 2.37. The summed E-state index contributed by atoms with van der Waals surface area (Å²) in [6.07, 6.45) is -4.64. The minimum Gasteiger partial charge on any atom is -0.465 e. The molecule has 0 unspecified atom stereocenters. The smallest absolute Gasteiger partial charge is 0.433 e. The molecule has 7 heteroatoms. The molecule has 1 aromatic heterocycles. The molecule has 0 radical (unpaired) electrons. The van der Waals surface area contributed by atoms with Gasteiger partial charge in [0.15, 0.2) is 5.69 Å². The van der Waals surface area contributed by atoms with Crippen molar-refractivity contribution in [1.82, 2.24) is 9.97 Å². The van der Waals surface area contributed by atoms with Crippen molar-refractivity contribution in [2.75, 3.05) is 6.61 Å². The van der Waals surface area contributed by atoms with Gasteiger partial charge in [-0.2, -0.15) is 18.2 Å². The zero-order valence-electron chi connectivity index (χ0n) is 7.18. The van der Waals surface area contributed by atoms with E-state index in [0.717, 1.165) is 0 Å². The third kappa shape index (κ3) is 2.48. The van der Waals surface area contributed by atoms with Gasteiger partial charge >= 0.3 is 6.18 Å². The Morgan fingerprint density at radius 3 is 2.71 bits per heavy atom. The van der Waals surface area contributed by atoms with Crippen LogP contribution in [0.25, 0.3) is 0 Å². The molecule has 1 rings (SSSR count). The van der Waals surface area contributed by atoms with E-state index in [1.807, 2.05) is 4.98 Å². The van der Waals surface area contributed by atoms with Gasteiger partial charge in [0.1, 0.15) is 0 Å². The lowest BCUT2D eigenvalue weighted by Gasteiger charge is -2.06. The molecule has 14 heavy (non-hydrogen) atoms. The van der Waals surface area contributed by atoms with Crippen molar-refractivity contribution in [3.63, 3.8) is 0 Å². The third-order valence-electron chi connectivity index (χ3n) is 1.29. The van der Waals surface area contributed by atoms with E-state index >= 15 is 0 Å². The number of nitrogens with zero attached hydrogens (tertiary/aromatic N) is 1. The van der Waals surface area contributed by atoms with Crippen molar-refractivity contribution in [3.8, 4) is 6.01 Å². The zero-order valence-corrected chi connectivity index (χ0v) is 7.18. The van der Waals surface area contributed by atoms with E-state index in [0.29, 0.717) is 6.07 Å². The summed E-state index contributed by atoms with van der Waals surface area (Å²) in [4.78, 5) is 15.9. The lowest BCUT2D eigenvalue weighted by Crippen LogP contribution is -2.17. The van der Waals surface area contributed by atoms with Gasteiger partial charge in [-0.15, -0.1) is 0 Å². The highest BCUT2D eigenvalue weighted by atomic mass is 19.4. The van der Waals surface area contributed by atoms with Gasteiger partial charge < -0.3 is 4.74 Å². The van der Waals surface area contributed by atoms with Crippen LogP contribution in [0.1, 0.15) is 12.6 Å². The van der Waals surface area contributed by atoms with Crippen LogP contribution in [0.2, 0.25) is 0 Å². The van der Waals surface area contributed by atoms with Crippen molar-refractivity contribution < 1.29 is 17.9 Å². The summed E-state index contributed by atoms with van der Waals surface area (Å²) in [5.74, 6) is 0. The molecule has 0 saturated heterocycles. The highest BCUT2D eigenvalue weighted by Gasteiger charge is 2.33. The largest absolute Gasteiger partial charge is 0.465 e. The normalized spacial score (nSPS) is 11.4. The number of nitrogens with one attached hydrogen (secondary N) is 1. The van der Waals surface area contributed by atoms with Gasteiger partial charge in [-0.1, -0.05) is 0 Å². The van der Waals surface area contributed by atoms with Crippen LogP contribution in [-0.2, 0) is 6.18 Å². The number of halogens is 3. The third-order valence-corrected chi connectivity index (χ3v) is 1.29. The molecule has 0 saturated carbocycles. The van der Waals surface area contributed by atoms with Gasteiger partial charge in [0.25, 0.3) is 11.6 Å². The Morgan fingerprint density at radius 1 is 1.57 bits per heavy atom. The van der Waals surface area contributed by atoms with E-state index < -0.39 is 23.4 Å². The zero-order chi connectivity index (χ0) is 10.8. The number of aromatic nitrogens is 2. The highest BCUT2D eigenvalue weighted by Crippen LogP contribution is 2.26. The van der Waals surface area contributed by atoms with Crippen LogP contribution >= 0.6 is 0 Å². The molecular formula is C7H7F3N2O2. The average Bonchev–Trinajstić information content (AvgIpc) is 2.02. The topological polar surface area (TPSA) is 55.0 Å². The molecular weight excluding hydrogens is 201 g/mol. The Balaban J connectivity index is 3.14. The fraction of sp³-hybridized carbons (Fsp3) is 0.429. The summed E-state index contributed by atoms with van der Waals surface area (Å²) in [6, 6.07) is -0.0463. The number of rotatable bonds is 2. The number of alkyl halides is 3. The predicted octanol–water partition coefficient (Wildman–Crippen LogP) is 1.19. The molecule has 0 aliphatic heterocycles. The van der Waals surface area contributed by atoms with Gasteiger partial charge in [-0.25, -0.2) is 0 Å². The van der Waals surface area contributed by atoms with E-state index in [1.165, 1.54) is 0 Å². The van der Waals surface area contributed by atoms with Crippen LogP contribution < -0.4 is 10.3 Å². The molecule has 0 aliphatic carbocycles. The van der Waals surface area contributed by atoms with E-state index in [4.69, 9.17) is 0 Å². The Labute approximate surface area is 76.7 Å². The van der Waals surface area contributed by atoms with Crippen molar-refractivity contribution in [2.24, 2.45) is 0 Å². The van der Waals surface area contributed by atoms with Crippen LogP contribution in [0.3, 0.4) is 0 Å². The minimum absolute atomic E-state index is 0.129. The van der Waals surface area contributed by atoms with Crippen LogP contribution in [0.4, 0.5) is 13.2 Å². The van der Waals surface area contributed by atoms with Crippen LogP contribution in [0.5, 0.6) is 6.01 Å². The van der Waals surface area contributed by atoms with Crippen molar-refractivity contribution >= 4 is 0 Å². The summed E-state index contributed by atoms with van der Waals surface area (Å²) in [5.41, 5.74) is -2.15. The standard InChI is InChI=1S/C7H7F3N2O2/c1-2-14-6-11-4(7(8,9)10)3-5(13)12-6/h3H,2H2,1H3,(H,11,12,13). The summed E-state index contributed by atoms with van der Waals surface area (Å²) in [7, 11) is 0. The van der Waals surface area contributed by atoms with Gasteiger partial charge in [0.05, 0.1) is 6.61 Å². The minimum atomic E-state index is -4.64. The van der Waals surface area contributed by atoms with E-state index in [1.54, 1.807) is 6.92 Å². The maximum absolute atomic E-state index is 12.1. The Morgan fingerprint density at radius 2 is 2.21 bits per heavy atom. The van der Waals surface area contributed by atoms with Crippen LogP contribution in [0, 0.1) is 0 Å². The molecule has 0 aliphatic rings. The SMILES string of the molecule is CCOc1nc(C(F)(F)F)cc(=O)[nH]1. The van der Waals surface area contributed by atoms with E-state index in [2.05, 4.69) is 9.72 Å². The van der Waals surface area contributed by atoms with Crippen molar-refractivity contribution in [1.29, 1.82) is 0 Å². The van der Waals surface area contributed by atoms with Crippen LogP contribution in [-0.4, -0.2) is 16.6 Å². The van der Waals surface area contributed by atoms with Crippen molar-refractivity contribution in [2.45, 2.75) is 13.1 Å². The molecule has 0 spiro atoms. The number of hydrogen-bond acceptors (Lipinski definition) is 3. The first-order chi connectivity index (χ1) is 6.43. The first-order valence-electron chi connectivity index (χ1n) is 3.75. The Bertz CT molecular complexity index is 372. The first kappa shape index (κ1) is 10.6. The number of hydrogen-bond donors (Lipinski definition) is 1. The van der Waals surface area contributed by atoms with Gasteiger partial charge in [-0.3, -0.25) is 9.78 Å². The monoisotopic (exact) mass is 208 g/mol. The fourth-order valence-electron chi connectivity index (χ4n) is 0.786. The summed E-state index contributed by atoms with van der Waals surface area (Å²) in [5, 5.41) is 0. The molecule has 0 atom stereocenters. The van der Waals surface area contributed by atoms with Gasteiger partial charge in [0, 0.05) is 6.07 Å². The number of aromatic amines is 1. The molecule has 0 fully saturated rings. The Kier molecular flexibility index (Phi) is 2.78. The maximum atomic E-state index is 12.1. The Hall–Kier alpha value is -1.53. The number of H-pyrrole nitrogens is 1. The lowest BCUT2D eigenvalue weighted by atomic mass is 10.4. The van der Waals surface area contributed by atoms with E-state index in [-0.39, 0.29) is 6.61 Å². The second-order valence-electron chi connectivity index (χ2n) is 2.37. The summed E-state index contributed by atoms with van der Waals surface area (Å²) < 4.78 is 41.0. The molecule has 1 N–H and O–H groups in total. The van der Waals surface area contributed by atoms with E-state index in [9.17, 15) is 18.0 Å². The summed E-state index contributed by atoms with van der Waals surface area (Å²) in [6.45, 7) is 1.70. The van der Waals surface area contributed by atoms with Crippen LogP contribution in [0.15, 0.2) is 10.9 Å². The summed E-state index contributed by atoms with van der Waals surface area (Å²) >= 11 is 0. The maximum Gasteiger partial charge on any atom is 0.433 e. The highest BCUT2D eigenvalue weighted by molar-refractivity contribution is 5.08. The molecule has 78 valence electrons. The predicted molar refractivity (Wildman–Crippen MR) is 41.0 cm³/mol. The average molecular weight is 208 g/mol. The molecule has 1 aromatic rings. The quantitative estimate of drug-likeness (QED) is 0.794. The van der Waals surface area contributed by atoms with Gasteiger partial charge in [0.2, 0.25) is 0 Å². The van der Waals surface area contributed by atoms with Gasteiger partial charge in [-0.05, 0) is 6.92 Å². The molecule has 0 amide bonds.